The van der Waals surface area contributed by atoms with Crippen molar-refractivity contribution in [1.29, 1.82) is 0 Å². The van der Waals surface area contributed by atoms with E-state index in [1.54, 1.807) is 35.0 Å². The molecule has 0 aliphatic carbocycles. The molecule has 4 aliphatic heterocycles. The van der Waals surface area contributed by atoms with Gasteiger partial charge >= 0.3 is 0 Å². The van der Waals surface area contributed by atoms with Crippen LogP contribution in [0.1, 0.15) is 54.7 Å². The highest BCUT2D eigenvalue weighted by Crippen LogP contribution is 2.39. The topological polar surface area (TPSA) is 77.0 Å². The van der Waals surface area contributed by atoms with Crippen molar-refractivity contribution >= 4 is 46.5 Å². The minimum absolute atomic E-state index is 0.0827. The third-order valence-electron chi connectivity index (χ3n) is 9.75. The number of allylic oxidation sites excluding steroid dienone is 1. The van der Waals surface area contributed by atoms with Gasteiger partial charge in [0.2, 0.25) is 0 Å². The molecular formula is C34H38Cl2FN7O2. The number of benzene rings is 2. The Balaban J connectivity index is 1.16. The van der Waals surface area contributed by atoms with Crippen LogP contribution in [0.4, 0.5) is 15.9 Å². The summed E-state index contributed by atoms with van der Waals surface area (Å²) in [7, 11) is 0. The summed E-state index contributed by atoms with van der Waals surface area (Å²) in [6.07, 6.45) is 4.41. The molecule has 0 spiro atoms. The Bertz CT molecular complexity index is 1660. The van der Waals surface area contributed by atoms with E-state index < -0.39 is 6.04 Å². The van der Waals surface area contributed by atoms with Gasteiger partial charge in [0.1, 0.15) is 17.7 Å². The van der Waals surface area contributed by atoms with Gasteiger partial charge in [0.15, 0.2) is 5.69 Å². The molecule has 2 amide bonds. The number of rotatable bonds is 6. The molecule has 1 N–H and O–H groups in total. The van der Waals surface area contributed by atoms with Crippen LogP contribution in [0, 0.1) is 5.82 Å². The van der Waals surface area contributed by atoms with Gasteiger partial charge in [-0.1, -0.05) is 29.3 Å². The highest BCUT2D eigenvalue weighted by Gasteiger charge is 2.39. The zero-order valence-electron chi connectivity index (χ0n) is 25.9. The number of amides is 2. The van der Waals surface area contributed by atoms with Crippen molar-refractivity contribution in [2.45, 2.75) is 44.7 Å². The van der Waals surface area contributed by atoms with E-state index in [-0.39, 0.29) is 23.7 Å². The Morgan fingerprint density at radius 3 is 2.35 bits per heavy atom. The first-order valence-electron chi connectivity index (χ1n) is 16.1. The number of hydrogen-bond donors (Lipinski definition) is 1. The Morgan fingerprint density at radius 1 is 0.891 bits per heavy atom. The maximum Gasteiger partial charge on any atom is 0.274 e. The van der Waals surface area contributed by atoms with E-state index in [0.717, 1.165) is 43.7 Å². The lowest BCUT2D eigenvalue weighted by molar-refractivity contribution is -0.128. The molecule has 2 aromatic carbocycles. The molecule has 2 atom stereocenters. The molecule has 4 aliphatic rings. The van der Waals surface area contributed by atoms with Crippen LogP contribution in [0.25, 0.3) is 0 Å². The average Bonchev–Trinajstić information content (AvgIpc) is 3.84. The summed E-state index contributed by atoms with van der Waals surface area (Å²) >= 11 is 12.8. The fraction of sp³-hybridized carbons (Fsp3) is 0.441. The number of nitrogens with one attached hydrogen (secondary N) is 1. The number of aromatic nitrogens is 2. The molecule has 0 saturated carbocycles. The summed E-state index contributed by atoms with van der Waals surface area (Å²) in [5, 5.41) is 9.04. The largest absolute Gasteiger partial charge is 0.368 e. The van der Waals surface area contributed by atoms with Crippen molar-refractivity contribution in [3.05, 3.63) is 86.9 Å². The second-order valence-electron chi connectivity index (χ2n) is 12.7. The summed E-state index contributed by atoms with van der Waals surface area (Å²) < 4.78 is 15.2. The van der Waals surface area contributed by atoms with Gasteiger partial charge in [-0.05, 0) is 87.7 Å². The first-order valence-corrected chi connectivity index (χ1v) is 16.9. The molecule has 1 aromatic heterocycles. The van der Waals surface area contributed by atoms with E-state index >= 15 is 0 Å². The smallest absolute Gasteiger partial charge is 0.274 e. The zero-order chi connectivity index (χ0) is 31.9. The van der Waals surface area contributed by atoms with Crippen molar-refractivity contribution in [3.63, 3.8) is 0 Å². The van der Waals surface area contributed by atoms with E-state index in [1.165, 1.54) is 25.0 Å². The van der Waals surface area contributed by atoms with Crippen molar-refractivity contribution in [3.8, 4) is 0 Å². The number of anilines is 2. The Hall–Kier alpha value is -3.60. The highest BCUT2D eigenvalue weighted by atomic mass is 35.5. The SMILES string of the molecule is CC1=C(C(=O)N2CCN(c3ccc(F)cc3)CC2)C(c2ccc(Cl)c(Cl)c2)n2nc(C(=O)N3CCCC3CN3CCCC3)cc2N1. The van der Waals surface area contributed by atoms with E-state index in [4.69, 9.17) is 28.3 Å². The van der Waals surface area contributed by atoms with Crippen molar-refractivity contribution < 1.29 is 14.0 Å². The monoisotopic (exact) mass is 665 g/mol. The molecule has 3 aromatic rings. The van der Waals surface area contributed by atoms with Crippen LogP contribution in [0.2, 0.25) is 10.0 Å². The molecule has 46 heavy (non-hydrogen) atoms. The summed E-state index contributed by atoms with van der Waals surface area (Å²) in [5.74, 6) is 0.174. The van der Waals surface area contributed by atoms with Crippen LogP contribution in [0.5, 0.6) is 0 Å². The summed E-state index contributed by atoms with van der Waals surface area (Å²) in [5.41, 5.74) is 3.27. The van der Waals surface area contributed by atoms with Gasteiger partial charge in [-0.25, -0.2) is 9.07 Å². The summed E-state index contributed by atoms with van der Waals surface area (Å²) in [6, 6.07) is 13.1. The first-order chi connectivity index (χ1) is 22.3. The molecule has 2 unspecified atom stereocenters. The lowest BCUT2D eigenvalue weighted by atomic mass is 9.94. The van der Waals surface area contributed by atoms with Gasteiger partial charge in [-0.15, -0.1) is 0 Å². The number of piperazine rings is 1. The number of halogens is 3. The van der Waals surface area contributed by atoms with Crippen LogP contribution < -0.4 is 10.2 Å². The Morgan fingerprint density at radius 2 is 1.63 bits per heavy atom. The Kier molecular flexibility index (Phi) is 8.69. The quantitative estimate of drug-likeness (QED) is 0.366. The van der Waals surface area contributed by atoms with Gasteiger partial charge in [0.25, 0.3) is 11.8 Å². The molecule has 3 fully saturated rings. The molecule has 0 bridgehead atoms. The lowest BCUT2D eigenvalue weighted by Crippen LogP contribution is -2.50. The van der Waals surface area contributed by atoms with E-state index in [9.17, 15) is 14.0 Å². The minimum atomic E-state index is -0.617. The van der Waals surface area contributed by atoms with Crippen LogP contribution >= 0.6 is 23.2 Å². The van der Waals surface area contributed by atoms with Gasteiger partial charge in [0, 0.05) is 62.8 Å². The van der Waals surface area contributed by atoms with Crippen LogP contribution in [-0.2, 0) is 4.79 Å². The molecule has 9 nitrogen and oxygen atoms in total. The zero-order valence-corrected chi connectivity index (χ0v) is 27.4. The first kappa shape index (κ1) is 31.0. The molecule has 5 heterocycles. The van der Waals surface area contributed by atoms with Crippen molar-refractivity contribution in [2.75, 3.05) is 62.6 Å². The lowest BCUT2D eigenvalue weighted by Gasteiger charge is -2.38. The third-order valence-corrected chi connectivity index (χ3v) is 10.5. The fourth-order valence-corrected chi connectivity index (χ4v) is 7.64. The fourth-order valence-electron chi connectivity index (χ4n) is 7.34. The second kappa shape index (κ2) is 12.9. The predicted molar refractivity (Wildman–Crippen MR) is 178 cm³/mol. The van der Waals surface area contributed by atoms with Crippen molar-refractivity contribution in [2.24, 2.45) is 0 Å². The molecule has 242 valence electrons. The van der Waals surface area contributed by atoms with Gasteiger partial charge in [-0.3, -0.25) is 9.59 Å². The summed E-state index contributed by atoms with van der Waals surface area (Å²) in [4.78, 5) is 36.7. The van der Waals surface area contributed by atoms with E-state index in [2.05, 4.69) is 15.1 Å². The maximum atomic E-state index is 14.3. The Labute approximate surface area is 278 Å². The number of carbonyl (C=O) groups excluding carboxylic acids is 2. The van der Waals surface area contributed by atoms with Crippen LogP contribution in [-0.4, -0.2) is 94.7 Å². The third kappa shape index (κ3) is 5.98. The normalized spacial score (nSPS) is 22.0. The maximum absolute atomic E-state index is 14.3. The van der Waals surface area contributed by atoms with Crippen LogP contribution in [0.3, 0.4) is 0 Å². The standard InChI is InChI=1S/C34H38Cl2FN7O2/c1-22-31(34(46)42-17-15-41(16-18-42)25-9-7-24(37)8-10-25)32(23-6-11-27(35)28(36)19-23)44-30(38-22)20-29(39-44)33(45)43-14-4-5-26(43)21-40-12-2-3-13-40/h6-11,19-20,26,32,38H,2-5,12-18,21H2,1H3. The highest BCUT2D eigenvalue weighted by molar-refractivity contribution is 6.42. The summed E-state index contributed by atoms with van der Waals surface area (Å²) in [6.45, 7) is 7.94. The predicted octanol–water partition coefficient (Wildman–Crippen LogP) is 5.67. The number of hydrogen-bond acceptors (Lipinski definition) is 6. The molecule has 0 radical (unpaired) electrons. The number of carbonyl (C=O) groups is 2. The number of fused-ring (bicyclic) bond motifs is 1. The molecule has 7 rings (SSSR count). The number of likely N-dealkylation sites (tertiary alicyclic amines) is 2. The van der Waals surface area contributed by atoms with Gasteiger partial charge in [-0.2, -0.15) is 5.10 Å². The van der Waals surface area contributed by atoms with E-state index in [0.29, 0.717) is 65.6 Å². The van der Waals surface area contributed by atoms with E-state index in [1.807, 2.05) is 22.8 Å². The average molecular weight is 667 g/mol. The van der Waals surface area contributed by atoms with Crippen molar-refractivity contribution in [1.82, 2.24) is 24.5 Å². The molecule has 3 saturated heterocycles. The van der Waals surface area contributed by atoms with Gasteiger partial charge in [0.05, 0.1) is 15.6 Å². The number of nitrogens with zero attached hydrogens (tertiary/aromatic N) is 6. The van der Waals surface area contributed by atoms with Gasteiger partial charge < -0.3 is 24.9 Å². The molecular weight excluding hydrogens is 628 g/mol. The minimum Gasteiger partial charge on any atom is -0.368 e. The second-order valence-corrected chi connectivity index (χ2v) is 13.5. The van der Waals surface area contributed by atoms with Crippen LogP contribution in [0.15, 0.2) is 59.8 Å². The molecule has 12 heteroatoms.